The van der Waals surface area contributed by atoms with Gasteiger partial charge in [-0.2, -0.15) is 0 Å². The maximum atomic E-state index is 10.2. The minimum absolute atomic E-state index is 0.137. The Hall–Kier alpha value is -1.35. The van der Waals surface area contributed by atoms with E-state index in [2.05, 4.69) is 22.5 Å². The zero-order valence-electron chi connectivity index (χ0n) is 10.3. The second kappa shape index (κ2) is 3.57. The Morgan fingerprint density at radius 2 is 2.12 bits per heavy atom. The summed E-state index contributed by atoms with van der Waals surface area (Å²) >= 11 is 0. The van der Waals surface area contributed by atoms with Gasteiger partial charge in [0.05, 0.1) is 17.1 Å². The van der Waals surface area contributed by atoms with Gasteiger partial charge in [0, 0.05) is 13.5 Å². The normalized spacial score (nSPS) is 19.5. The summed E-state index contributed by atoms with van der Waals surface area (Å²) in [7, 11) is 2.02. The van der Waals surface area contributed by atoms with Crippen molar-refractivity contribution in [2.75, 3.05) is 0 Å². The number of aryl methyl sites for hydroxylation is 1. The molecule has 1 fully saturated rings. The number of aliphatic hydroxyl groups is 1. The van der Waals surface area contributed by atoms with E-state index in [0.29, 0.717) is 6.42 Å². The molecule has 90 valence electrons. The maximum Gasteiger partial charge on any atom is 0.112 e. The van der Waals surface area contributed by atoms with Crippen LogP contribution in [0.3, 0.4) is 0 Å². The summed E-state index contributed by atoms with van der Waals surface area (Å²) in [5.41, 5.74) is 2.28. The highest BCUT2D eigenvalue weighted by atomic mass is 16.3. The van der Waals surface area contributed by atoms with Crippen LogP contribution < -0.4 is 0 Å². The van der Waals surface area contributed by atoms with Crippen LogP contribution in [0.25, 0.3) is 11.0 Å². The van der Waals surface area contributed by atoms with Crippen LogP contribution in [-0.4, -0.2) is 20.8 Å². The van der Waals surface area contributed by atoms with E-state index in [0.717, 1.165) is 29.7 Å². The van der Waals surface area contributed by atoms with Crippen LogP contribution in [0.4, 0.5) is 0 Å². The molecule has 1 saturated carbocycles. The van der Waals surface area contributed by atoms with Gasteiger partial charge in [0.15, 0.2) is 0 Å². The van der Waals surface area contributed by atoms with Crippen molar-refractivity contribution in [3.63, 3.8) is 0 Å². The van der Waals surface area contributed by atoms with Crippen molar-refractivity contribution in [3.05, 3.63) is 30.1 Å². The zero-order valence-corrected chi connectivity index (χ0v) is 10.3. The van der Waals surface area contributed by atoms with E-state index in [1.807, 2.05) is 25.2 Å². The Balaban J connectivity index is 1.92. The molecule has 1 unspecified atom stereocenters. The van der Waals surface area contributed by atoms with Crippen LogP contribution in [0.5, 0.6) is 0 Å². The quantitative estimate of drug-likeness (QED) is 0.878. The van der Waals surface area contributed by atoms with Gasteiger partial charge < -0.3 is 9.67 Å². The van der Waals surface area contributed by atoms with Gasteiger partial charge in [-0.05, 0) is 30.4 Å². The summed E-state index contributed by atoms with van der Waals surface area (Å²) in [6.07, 6.45) is 2.66. The molecule has 0 amide bonds. The van der Waals surface area contributed by atoms with Crippen molar-refractivity contribution in [1.82, 2.24) is 9.55 Å². The molecule has 17 heavy (non-hydrogen) atoms. The molecule has 1 aliphatic rings. The molecule has 2 aromatic rings. The zero-order chi connectivity index (χ0) is 12.0. The van der Waals surface area contributed by atoms with Crippen molar-refractivity contribution in [2.24, 2.45) is 12.5 Å². The van der Waals surface area contributed by atoms with Gasteiger partial charge >= 0.3 is 0 Å². The molecule has 0 spiro atoms. The van der Waals surface area contributed by atoms with Crippen molar-refractivity contribution in [2.45, 2.75) is 32.3 Å². The highest BCUT2D eigenvalue weighted by Gasteiger charge is 2.44. The van der Waals surface area contributed by atoms with Crippen LogP contribution >= 0.6 is 0 Å². The molecular weight excluding hydrogens is 212 g/mol. The van der Waals surface area contributed by atoms with Gasteiger partial charge in [0.1, 0.15) is 5.82 Å². The van der Waals surface area contributed by atoms with Crippen LogP contribution in [0.1, 0.15) is 25.6 Å². The SMILES string of the molecule is Cn1c(CC(O)C2(C)CC2)nc2ccccc21. The molecule has 1 N–H and O–H groups in total. The summed E-state index contributed by atoms with van der Waals surface area (Å²) in [5.74, 6) is 0.979. The molecule has 3 nitrogen and oxygen atoms in total. The molecule has 1 heterocycles. The number of hydrogen-bond donors (Lipinski definition) is 1. The molecule has 3 rings (SSSR count). The Morgan fingerprint density at radius 3 is 2.76 bits per heavy atom. The monoisotopic (exact) mass is 230 g/mol. The van der Waals surface area contributed by atoms with E-state index in [1.165, 1.54) is 0 Å². The van der Waals surface area contributed by atoms with Crippen LogP contribution in [0.2, 0.25) is 0 Å². The number of para-hydroxylation sites is 2. The van der Waals surface area contributed by atoms with Crippen molar-refractivity contribution >= 4 is 11.0 Å². The minimum atomic E-state index is -0.266. The van der Waals surface area contributed by atoms with Gasteiger partial charge in [-0.3, -0.25) is 0 Å². The number of aliphatic hydroxyl groups excluding tert-OH is 1. The fraction of sp³-hybridized carbons (Fsp3) is 0.500. The molecule has 3 heteroatoms. The second-order valence-electron chi connectivity index (χ2n) is 5.45. The fourth-order valence-electron chi connectivity index (χ4n) is 2.33. The number of nitrogens with zero attached hydrogens (tertiary/aromatic N) is 2. The molecule has 0 saturated heterocycles. The second-order valence-corrected chi connectivity index (χ2v) is 5.45. The molecular formula is C14H18N2O. The number of fused-ring (bicyclic) bond motifs is 1. The Bertz CT molecular complexity index is 554. The minimum Gasteiger partial charge on any atom is -0.392 e. The topological polar surface area (TPSA) is 38.0 Å². The average molecular weight is 230 g/mol. The third kappa shape index (κ3) is 1.75. The summed E-state index contributed by atoms with van der Waals surface area (Å²) in [4.78, 5) is 4.60. The number of hydrogen-bond acceptors (Lipinski definition) is 2. The lowest BCUT2D eigenvalue weighted by Crippen LogP contribution is -2.23. The molecule has 0 radical (unpaired) electrons. The largest absolute Gasteiger partial charge is 0.392 e. The Labute approximate surface area is 101 Å². The summed E-state index contributed by atoms with van der Waals surface area (Å²) < 4.78 is 2.09. The molecule has 0 aliphatic heterocycles. The lowest BCUT2D eigenvalue weighted by Gasteiger charge is -2.16. The predicted octanol–water partition coefficient (Wildman–Crippen LogP) is 2.28. The fourth-order valence-corrected chi connectivity index (χ4v) is 2.33. The molecule has 1 aromatic carbocycles. The van der Waals surface area contributed by atoms with Crippen molar-refractivity contribution < 1.29 is 5.11 Å². The number of benzene rings is 1. The molecule has 0 bridgehead atoms. The van der Waals surface area contributed by atoms with Gasteiger partial charge in [-0.25, -0.2) is 4.98 Å². The lowest BCUT2D eigenvalue weighted by atomic mass is 9.99. The first kappa shape index (κ1) is 10.8. The van der Waals surface area contributed by atoms with Gasteiger partial charge in [-0.15, -0.1) is 0 Å². The van der Waals surface area contributed by atoms with Crippen LogP contribution in [0, 0.1) is 5.41 Å². The van der Waals surface area contributed by atoms with E-state index in [4.69, 9.17) is 0 Å². The summed E-state index contributed by atoms with van der Waals surface area (Å²) in [6.45, 7) is 2.15. The highest BCUT2D eigenvalue weighted by molar-refractivity contribution is 5.75. The summed E-state index contributed by atoms with van der Waals surface area (Å²) in [6, 6.07) is 8.10. The van der Waals surface area contributed by atoms with E-state index >= 15 is 0 Å². The van der Waals surface area contributed by atoms with Gasteiger partial charge in [0.25, 0.3) is 0 Å². The third-order valence-electron chi connectivity index (χ3n) is 4.10. The Morgan fingerprint density at radius 1 is 1.41 bits per heavy atom. The third-order valence-corrected chi connectivity index (χ3v) is 4.10. The van der Waals surface area contributed by atoms with Crippen molar-refractivity contribution in [1.29, 1.82) is 0 Å². The predicted molar refractivity (Wildman–Crippen MR) is 67.8 cm³/mol. The van der Waals surface area contributed by atoms with E-state index in [1.54, 1.807) is 0 Å². The molecule has 1 aliphatic carbocycles. The maximum absolute atomic E-state index is 10.2. The highest BCUT2D eigenvalue weighted by Crippen LogP contribution is 2.48. The smallest absolute Gasteiger partial charge is 0.112 e. The number of imidazole rings is 1. The van der Waals surface area contributed by atoms with E-state index in [9.17, 15) is 5.11 Å². The summed E-state index contributed by atoms with van der Waals surface area (Å²) in [5, 5.41) is 10.2. The standard InChI is InChI=1S/C14H18N2O/c1-14(7-8-14)12(17)9-13-15-10-5-3-4-6-11(10)16(13)2/h3-6,12,17H,7-9H2,1-2H3. The average Bonchev–Trinajstić information content (AvgIpc) is 3.00. The number of aromatic nitrogens is 2. The molecule has 1 aromatic heterocycles. The first-order valence-electron chi connectivity index (χ1n) is 6.18. The first-order chi connectivity index (χ1) is 8.10. The first-order valence-corrected chi connectivity index (χ1v) is 6.18. The van der Waals surface area contributed by atoms with E-state index in [-0.39, 0.29) is 11.5 Å². The van der Waals surface area contributed by atoms with Crippen LogP contribution in [0.15, 0.2) is 24.3 Å². The van der Waals surface area contributed by atoms with Crippen LogP contribution in [-0.2, 0) is 13.5 Å². The number of rotatable bonds is 3. The van der Waals surface area contributed by atoms with E-state index < -0.39 is 0 Å². The van der Waals surface area contributed by atoms with Gasteiger partial charge in [-0.1, -0.05) is 19.1 Å². The Kier molecular flexibility index (Phi) is 2.26. The van der Waals surface area contributed by atoms with Gasteiger partial charge in [0.2, 0.25) is 0 Å². The lowest BCUT2D eigenvalue weighted by molar-refractivity contribution is 0.101. The van der Waals surface area contributed by atoms with Crippen molar-refractivity contribution in [3.8, 4) is 0 Å². The molecule has 1 atom stereocenters.